The fraction of sp³-hybridized carbons (Fsp3) is 0.911. The van der Waals surface area contributed by atoms with E-state index >= 15 is 0 Å². The molecule has 0 fully saturated rings. The summed E-state index contributed by atoms with van der Waals surface area (Å²) in [7, 11) is 0. The zero-order valence-corrected chi connectivity index (χ0v) is 41.0. The fourth-order valence-corrected chi connectivity index (χ4v) is 8.75. The molecule has 4 heteroatoms. The van der Waals surface area contributed by atoms with E-state index in [-0.39, 0.29) is 12.5 Å². The molecule has 0 saturated heterocycles. The predicted molar refractivity (Wildman–Crippen MR) is 267 cm³/mol. The molecule has 1 amide bonds. The molecular weight excluding hydrogens is 735 g/mol. The average molecular weight is 844 g/mol. The number of aliphatic hydroxyl groups excluding tert-OH is 2. The standard InChI is InChI=1S/C56H109NO3/c1-3-5-7-9-11-13-15-17-18-19-20-21-22-23-24-25-26-27-28-29-30-31-32-33-34-35-36-37-38-40-42-44-46-48-50-52-56(60)57-54(53-58)55(59)51-49-47-45-43-41-39-16-14-12-10-8-6-4-2/h22-23,25-26,54-55,58-59H,3-21,24,27-53H2,1-2H3,(H,57,60)/b23-22-,26-25-. The second kappa shape index (κ2) is 52.2. The van der Waals surface area contributed by atoms with Crippen LogP contribution in [0.4, 0.5) is 0 Å². The van der Waals surface area contributed by atoms with Gasteiger partial charge >= 0.3 is 0 Å². The highest BCUT2D eigenvalue weighted by Gasteiger charge is 2.20. The van der Waals surface area contributed by atoms with E-state index in [1.165, 1.54) is 250 Å². The first kappa shape index (κ1) is 58.9. The third-order valence-corrected chi connectivity index (χ3v) is 13.0. The van der Waals surface area contributed by atoms with E-state index in [1.807, 2.05) is 0 Å². The highest BCUT2D eigenvalue weighted by atomic mass is 16.3. The summed E-state index contributed by atoms with van der Waals surface area (Å²) in [6.45, 7) is 4.38. The quantitative estimate of drug-likeness (QED) is 0.0422. The van der Waals surface area contributed by atoms with Gasteiger partial charge in [-0.3, -0.25) is 4.79 Å². The number of rotatable bonds is 51. The molecule has 0 aliphatic heterocycles. The summed E-state index contributed by atoms with van der Waals surface area (Å²) in [5.41, 5.74) is 0. The number of hydrogen-bond acceptors (Lipinski definition) is 3. The third-order valence-electron chi connectivity index (χ3n) is 13.0. The van der Waals surface area contributed by atoms with Crippen molar-refractivity contribution in [2.24, 2.45) is 0 Å². The number of amides is 1. The Labute approximate surface area is 377 Å². The Morgan fingerprint density at radius 3 is 1.00 bits per heavy atom. The maximum atomic E-state index is 12.4. The predicted octanol–water partition coefficient (Wildman–Crippen LogP) is 17.9. The van der Waals surface area contributed by atoms with Gasteiger partial charge in [-0.1, -0.05) is 282 Å². The lowest BCUT2D eigenvalue weighted by Gasteiger charge is -2.22. The number of unbranched alkanes of at least 4 members (excludes halogenated alkanes) is 40. The molecule has 0 saturated carbocycles. The van der Waals surface area contributed by atoms with Gasteiger partial charge in [0.05, 0.1) is 18.8 Å². The molecule has 0 aliphatic rings. The minimum atomic E-state index is -0.656. The van der Waals surface area contributed by atoms with Gasteiger partial charge in [-0.15, -0.1) is 0 Å². The van der Waals surface area contributed by atoms with Crippen molar-refractivity contribution in [3.05, 3.63) is 24.3 Å². The summed E-state index contributed by atoms with van der Waals surface area (Å²) >= 11 is 0. The molecule has 0 rings (SSSR count). The van der Waals surface area contributed by atoms with Crippen LogP contribution in [0.3, 0.4) is 0 Å². The van der Waals surface area contributed by atoms with Crippen LogP contribution in [0, 0.1) is 0 Å². The molecule has 0 radical (unpaired) electrons. The van der Waals surface area contributed by atoms with E-state index in [1.54, 1.807) is 0 Å². The average Bonchev–Trinajstić information content (AvgIpc) is 3.25. The number of allylic oxidation sites excluding steroid dienone is 4. The van der Waals surface area contributed by atoms with Crippen LogP contribution < -0.4 is 5.32 Å². The summed E-state index contributed by atoms with van der Waals surface area (Å²) in [5.74, 6) is -0.0274. The van der Waals surface area contributed by atoms with Gasteiger partial charge in [-0.25, -0.2) is 0 Å². The summed E-state index contributed by atoms with van der Waals surface area (Å²) in [4.78, 5) is 12.4. The Balaban J connectivity index is 3.39. The van der Waals surface area contributed by atoms with Gasteiger partial charge in [-0.2, -0.15) is 0 Å². The molecule has 0 heterocycles. The SMILES string of the molecule is CCCCCCCCCCCCC/C=C\C/C=C\CCCCCCCCCCCCCCCCCCCC(=O)NC(CO)C(O)CCCCCCCCCCCCCCC. The molecule has 2 unspecified atom stereocenters. The van der Waals surface area contributed by atoms with Crippen LogP contribution in [0.2, 0.25) is 0 Å². The van der Waals surface area contributed by atoms with Crippen LogP contribution in [0.25, 0.3) is 0 Å². The lowest BCUT2D eigenvalue weighted by atomic mass is 10.0. The lowest BCUT2D eigenvalue weighted by molar-refractivity contribution is -0.123. The Morgan fingerprint density at radius 1 is 0.400 bits per heavy atom. The molecular formula is C56H109NO3. The number of carbonyl (C=O) groups excluding carboxylic acids is 1. The zero-order chi connectivity index (χ0) is 43.5. The summed E-state index contributed by atoms with van der Waals surface area (Å²) in [6, 6.07) is -0.533. The lowest BCUT2D eigenvalue weighted by Crippen LogP contribution is -2.45. The second-order valence-corrected chi connectivity index (χ2v) is 19.0. The number of nitrogens with one attached hydrogen (secondary N) is 1. The van der Waals surface area contributed by atoms with Gasteiger partial charge in [0.2, 0.25) is 5.91 Å². The Morgan fingerprint density at radius 2 is 0.683 bits per heavy atom. The molecule has 0 aliphatic carbocycles. The molecule has 356 valence electrons. The van der Waals surface area contributed by atoms with E-state index < -0.39 is 12.1 Å². The van der Waals surface area contributed by atoms with E-state index in [2.05, 4.69) is 43.5 Å². The molecule has 0 aromatic rings. The largest absolute Gasteiger partial charge is 0.394 e. The van der Waals surface area contributed by atoms with E-state index in [0.29, 0.717) is 12.8 Å². The van der Waals surface area contributed by atoms with Gasteiger partial charge in [-0.05, 0) is 44.9 Å². The molecule has 0 aromatic carbocycles. The summed E-state index contributed by atoms with van der Waals surface area (Å²) in [5, 5.41) is 23.2. The minimum Gasteiger partial charge on any atom is -0.394 e. The highest BCUT2D eigenvalue weighted by molar-refractivity contribution is 5.76. The van der Waals surface area contributed by atoms with Crippen molar-refractivity contribution in [1.29, 1.82) is 0 Å². The van der Waals surface area contributed by atoms with Crippen LogP contribution in [-0.4, -0.2) is 34.9 Å². The van der Waals surface area contributed by atoms with Crippen molar-refractivity contribution in [3.8, 4) is 0 Å². The molecule has 60 heavy (non-hydrogen) atoms. The molecule has 4 nitrogen and oxygen atoms in total. The first-order valence-corrected chi connectivity index (χ1v) is 27.5. The van der Waals surface area contributed by atoms with Gasteiger partial charge in [0.1, 0.15) is 0 Å². The zero-order valence-electron chi connectivity index (χ0n) is 41.0. The minimum absolute atomic E-state index is 0.0274. The van der Waals surface area contributed by atoms with Crippen molar-refractivity contribution < 1.29 is 15.0 Å². The van der Waals surface area contributed by atoms with Crippen molar-refractivity contribution in [2.75, 3.05) is 6.61 Å². The second-order valence-electron chi connectivity index (χ2n) is 19.0. The van der Waals surface area contributed by atoms with Gasteiger partial charge < -0.3 is 15.5 Å². The highest BCUT2D eigenvalue weighted by Crippen LogP contribution is 2.17. The first-order chi connectivity index (χ1) is 29.7. The normalized spacial score (nSPS) is 12.9. The number of aliphatic hydroxyl groups is 2. The van der Waals surface area contributed by atoms with Gasteiger partial charge in [0.15, 0.2) is 0 Å². The van der Waals surface area contributed by atoms with Crippen LogP contribution in [0.1, 0.15) is 309 Å². The first-order valence-electron chi connectivity index (χ1n) is 27.5. The van der Waals surface area contributed by atoms with Crippen molar-refractivity contribution in [3.63, 3.8) is 0 Å². The molecule has 0 bridgehead atoms. The monoisotopic (exact) mass is 844 g/mol. The Bertz CT molecular complexity index is 871. The van der Waals surface area contributed by atoms with Crippen LogP contribution in [-0.2, 0) is 4.79 Å². The van der Waals surface area contributed by atoms with Gasteiger partial charge in [0, 0.05) is 6.42 Å². The topological polar surface area (TPSA) is 69.6 Å². The molecule has 0 aromatic heterocycles. The third kappa shape index (κ3) is 47.9. The van der Waals surface area contributed by atoms with E-state index in [9.17, 15) is 15.0 Å². The van der Waals surface area contributed by atoms with Crippen molar-refractivity contribution in [2.45, 2.75) is 321 Å². The van der Waals surface area contributed by atoms with Crippen LogP contribution in [0.5, 0.6) is 0 Å². The maximum absolute atomic E-state index is 12.4. The summed E-state index contributed by atoms with van der Waals surface area (Å²) < 4.78 is 0. The van der Waals surface area contributed by atoms with Crippen molar-refractivity contribution >= 4 is 5.91 Å². The summed E-state index contributed by atoms with van der Waals surface area (Å²) in [6.07, 6.45) is 68.8. The molecule has 0 spiro atoms. The smallest absolute Gasteiger partial charge is 0.220 e. The van der Waals surface area contributed by atoms with Crippen LogP contribution in [0.15, 0.2) is 24.3 Å². The van der Waals surface area contributed by atoms with Gasteiger partial charge in [0.25, 0.3) is 0 Å². The molecule has 3 N–H and O–H groups in total. The Hall–Kier alpha value is -1.13. The molecule has 2 atom stereocenters. The number of carbonyl (C=O) groups is 1. The fourth-order valence-electron chi connectivity index (χ4n) is 8.75. The number of hydrogen-bond donors (Lipinski definition) is 3. The maximum Gasteiger partial charge on any atom is 0.220 e. The van der Waals surface area contributed by atoms with Crippen molar-refractivity contribution in [1.82, 2.24) is 5.32 Å². The van der Waals surface area contributed by atoms with E-state index in [4.69, 9.17) is 0 Å². The van der Waals surface area contributed by atoms with E-state index in [0.717, 1.165) is 32.1 Å². The van der Waals surface area contributed by atoms with Crippen LogP contribution >= 0.6 is 0 Å². The Kier molecular flexibility index (Phi) is 51.2.